The average Bonchev–Trinajstić information content (AvgIpc) is 2.80. The van der Waals surface area contributed by atoms with Gasteiger partial charge in [0, 0.05) is 61.7 Å². The van der Waals surface area contributed by atoms with Crippen LogP contribution in [0.5, 0.6) is 0 Å². The van der Waals surface area contributed by atoms with E-state index in [-0.39, 0.29) is 25.3 Å². The van der Waals surface area contributed by atoms with Crippen molar-refractivity contribution < 1.29 is 18.0 Å². The molecule has 1 aliphatic carbocycles. The van der Waals surface area contributed by atoms with Gasteiger partial charge in [0.15, 0.2) is 0 Å². The van der Waals surface area contributed by atoms with Gasteiger partial charge in [-0.2, -0.15) is 0 Å². The lowest BCUT2D eigenvalue weighted by Gasteiger charge is -2.43. The number of carbonyl (C=O) groups is 1. The first-order chi connectivity index (χ1) is 16.6. The molecule has 35 heavy (non-hydrogen) atoms. The maximum absolute atomic E-state index is 14.2. The van der Waals surface area contributed by atoms with E-state index >= 15 is 0 Å². The van der Waals surface area contributed by atoms with Crippen LogP contribution in [0.15, 0.2) is 42.5 Å². The maximum atomic E-state index is 14.2. The molecule has 1 amide bonds. The molecule has 8 heteroatoms. The first-order valence-electron chi connectivity index (χ1n) is 12.2. The molecule has 2 aromatic rings. The molecule has 4 nitrogen and oxygen atoms in total. The normalized spacial score (nSPS) is 20.8. The first kappa shape index (κ1) is 27.5. The number of amides is 1. The molecule has 192 valence electrons. The van der Waals surface area contributed by atoms with Gasteiger partial charge in [0.2, 0.25) is 11.8 Å². The number of piperazine rings is 1. The highest BCUT2D eigenvalue weighted by Crippen LogP contribution is 2.35. The Hall–Kier alpha value is -2.09. The van der Waals surface area contributed by atoms with Gasteiger partial charge in [-0.3, -0.25) is 14.6 Å². The Labute approximate surface area is 211 Å². The summed E-state index contributed by atoms with van der Waals surface area (Å²) in [7, 11) is 0. The summed E-state index contributed by atoms with van der Waals surface area (Å²) in [6.07, 6.45) is 1.70. The van der Waals surface area contributed by atoms with E-state index in [4.69, 9.17) is 17.3 Å². The van der Waals surface area contributed by atoms with Gasteiger partial charge in [0.1, 0.15) is 5.82 Å². The summed E-state index contributed by atoms with van der Waals surface area (Å²) >= 11 is 5.87. The smallest absolute Gasteiger partial charge is 0.249 e. The van der Waals surface area contributed by atoms with E-state index in [0.29, 0.717) is 34.2 Å². The number of carbonyl (C=O) groups excluding carboxylic acids is 1. The quantitative estimate of drug-likeness (QED) is 0.557. The Morgan fingerprint density at radius 3 is 2.43 bits per heavy atom. The van der Waals surface area contributed by atoms with E-state index in [1.165, 1.54) is 0 Å². The van der Waals surface area contributed by atoms with Gasteiger partial charge in [-0.25, -0.2) is 13.2 Å². The number of halogens is 4. The highest BCUT2D eigenvalue weighted by atomic mass is 35.5. The van der Waals surface area contributed by atoms with Crippen LogP contribution in [0.2, 0.25) is 5.02 Å². The van der Waals surface area contributed by atoms with Crippen molar-refractivity contribution in [2.75, 3.05) is 26.2 Å². The third-order valence-electron chi connectivity index (χ3n) is 6.79. The van der Waals surface area contributed by atoms with Gasteiger partial charge >= 0.3 is 0 Å². The van der Waals surface area contributed by atoms with Crippen molar-refractivity contribution in [2.24, 2.45) is 5.73 Å². The largest absolute Gasteiger partial charge is 0.369 e. The Morgan fingerprint density at radius 2 is 1.83 bits per heavy atom. The lowest BCUT2D eigenvalue weighted by atomic mass is 9.90. The SMILES string of the molecule is CC(C)N1CCN(C2CCCC(F)(F)C2)CC1.NC(=O)Cc1cccc(-c2cccc(Cl)c2)c1F. The molecule has 0 radical (unpaired) electrons. The van der Waals surface area contributed by atoms with Crippen LogP contribution in [-0.4, -0.2) is 59.9 Å². The molecule has 0 bridgehead atoms. The van der Waals surface area contributed by atoms with Crippen molar-refractivity contribution in [2.45, 2.75) is 64.0 Å². The molecule has 2 fully saturated rings. The minimum Gasteiger partial charge on any atom is -0.369 e. The molecule has 0 spiro atoms. The standard InChI is InChI=1S/C14H11ClFNO.C13H24F2N2/c15-11-5-1-3-9(7-11)12-6-2-4-10(14(12)16)8-13(17)18;1-11(2)16-6-8-17(9-7-16)12-4-3-5-13(14,15)10-12/h1-7H,8H2,(H2,17,18);11-12H,3-10H2,1-2H3. The van der Waals surface area contributed by atoms with Gasteiger partial charge in [-0.05, 0) is 49.9 Å². The average molecular weight is 510 g/mol. The molecule has 0 aromatic heterocycles. The molecule has 1 saturated heterocycles. The Morgan fingerprint density at radius 1 is 1.14 bits per heavy atom. The van der Waals surface area contributed by atoms with E-state index in [9.17, 15) is 18.0 Å². The minimum absolute atomic E-state index is 0.0781. The fourth-order valence-corrected chi connectivity index (χ4v) is 5.05. The zero-order valence-corrected chi connectivity index (χ0v) is 21.2. The van der Waals surface area contributed by atoms with Crippen molar-refractivity contribution in [3.8, 4) is 11.1 Å². The predicted octanol–water partition coefficient (Wildman–Crippen LogP) is 5.76. The number of rotatable bonds is 5. The summed E-state index contributed by atoms with van der Waals surface area (Å²) in [4.78, 5) is 15.6. The van der Waals surface area contributed by atoms with Gasteiger partial charge in [-0.1, -0.05) is 41.9 Å². The Balaban J connectivity index is 0.000000196. The van der Waals surface area contributed by atoms with Crippen molar-refractivity contribution >= 4 is 17.5 Å². The maximum Gasteiger partial charge on any atom is 0.249 e. The van der Waals surface area contributed by atoms with Crippen molar-refractivity contribution in [1.29, 1.82) is 0 Å². The van der Waals surface area contributed by atoms with Crippen LogP contribution in [0, 0.1) is 5.82 Å². The van der Waals surface area contributed by atoms with Crippen molar-refractivity contribution in [3.63, 3.8) is 0 Å². The van der Waals surface area contributed by atoms with E-state index in [0.717, 1.165) is 32.6 Å². The molecule has 1 unspecified atom stereocenters. The topological polar surface area (TPSA) is 49.6 Å². The van der Waals surface area contributed by atoms with Crippen LogP contribution < -0.4 is 5.73 Å². The van der Waals surface area contributed by atoms with Gasteiger partial charge in [0.25, 0.3) is 0 Å². The summed E-state index contributed by atoms with van der Waals surface area (Å²) in [6.45, 7) is 8.37. The van der Waals surface area contributed by atoms with Crippen molar-refractivity contribution in [1.82, 2.24) is 9.80 Å². The third kappa shape index (κ3) is 7.95. The van der Waals surface area contributed by atoms with E-state index in [1.807, 2.05) is 0 Å². The molecule has 4 rings (SSSR count). The lowest BCUT2D eigenvalue weighted by molar-refractivity contribution is -0.117. The number of primary amides is 1. The second-order valence-corrected chi connectivity index (χ2v) is 10.1. The summed E-state index contributed by atoms with van der Waals surface area (Å²) in [5, 5.41) is 0.534. The molecule has 1 saturated carbocycles. The number of nitrogens with zero attached hydrogens (tertiary/aromatic N) is 2. The van der Waals surface area contributed by atoms with E-state index in [2.05, 4.69) is 23.6 Å². The monoisotopic (exact) mass is 509 g/mol. The molecule has 1 atom stereocenters. The third-order valence-corrected chi connectivity index (χ3v) is 7.02. The van der Waals surface area contributed by atoms with Gasteiger partial charge in [0.05, 0.1) is 6.42 Å². The molecular weight excluding hydrogens is 475 g/mol. The minimum atomic E-state index is -2.42. The fraction of sp³-hybridized carbons (Fsp3) is 0.519. The summed E-state index contributed by atoms with van der Waals surface area (Å²) < 4.78 is 41.0. The van der Waals surface area contributed by atoms with Crippen LogP contribution in [0.4, 0.5) is 13.2 Å². The molecule has 1 heterocycles. The van der Waals surface area contributed by atoms with Gasteiger partial charge < -0.3 is 5.73 Å². The molecule has 2 aromatic carbocycles. The molecule has 2 aliphatic rings. The summed E-state index contributed by atoms with van der Waals surface area (Å²) in [5.41, 5.74) is 6.46. The Bertz CT molecular complexity index is 993. The molecule has 2 N–H and O–H groups in total. The Kier molecular flexibility index (Phi) is 9.62. The summed E-state index contributed by atoms with van der Waals surface area (Å²) in [5.74, 6) is -3.41. The fourth-order valence-electron chi connectivity index (χ4n) is 4.86. The van der Waals surface area contributed by atoms with Crippen LogP contribution >= 0.6 is 11.6 Å². The van der Waals surface area contributed by atoms with E-state index in [1.54, 1.807) is 42.5 Å². The second kappa shape index (κ2) is 12.2. The summed E-state index contributed by atoms with van der Waals surface area (Å²) in [6, 6.07) is 12.5. The number of benzene rings is 2. The van der Waals surface area contributed by atoms with E-state index < -0.39 is 17.6 Å². The van der Waals surface area contributed by atoms with Gasteiger partial charge in [-0.15, -0.1) is 0 Å². The van der Waals surface area contributed by atoms with Crippen molar-refractivity contribution in [3.05, 3.63) is 58.9 Å². The molecule has 1 aliphatic heterocycles. The van der Waals surface area contributed by atoms with Crippen LogP contribution in [0.1, 0.15) is 45.1 Å². The number of alkyl halides is 2. The highest BCUT2D eigenvalue weighted by molar-refractivity contribution is 6.30. The highest BCUT2D eigenvalue weighted by Gasteiger charge is 2.39. The number of hydrogen-bond donors (Lipinski definition) is 1. The number of nitrogens with two attached hydrogens (primary N) is 1. The second-order valence-electron chi connectivity index (χ2n) is 9.70. The first-order valence-corrected chi connectivity index (χ1v) is 12.6. The zero-order chi connectivity index (χ0) is 25.6. The lowest BCUT2D eigenvalue weighted by Crippen LogP contribution is -2.53. The van der Waals surface area contributed by atoms with Crippen LogP contribution in [-0.2, 0) is 11.2 Å². The molecular formula is C27H35ClF3N3O. The van der Waals surface area contributed by atoms with Crippen LogP contribution in [0.25, 0.3) is 11.1 Å². The zero-order valence-electron chi connectivity index (χ0n) is 20.5. The predicted molar refractivity (Wildman–Crippen MR) is 135 cm³/mol. The van der Waals surface area contributed by atoms with Crippen LogP contribution in [0.3, 0.4) is 0 Å². The number of hydrogen-bond acceptors (Lipinski definition) is 3.